The molecule has 8 heteroatoms. The van der Waals surface area contributed by atoms with E-state index in [1.165, 1.54) is 51.0 Å². The summed E-state index contributed by atoms with van der Waals surface area (Å²) in [6.07, 6.45) is 6.18. The fourth-order valence-electron chi connectivity index (χ4n) is 3.66. The average molecular weight is 471 g/mol. The van der Waals surface area contributed by atoms with Gasteiger partial charge in [-0.1, -0.05) is 31.4 Å². The lowest BCUT2D eigenvalue weighted by atomic mass is 9.89. The first-order valence-electron chi connectivity index (χ1n) is 11.1. The van der Waals surface area contributed by atoms with Crippen LogP contribution in [0.5, 0.6) is 5.75 Å². The summed E-state index contributed by atoms with van der Waals surface area (Å²) in [5, 5.41) is 5.89. The van der Waals surface area contributed by atoms with Gasteiger partial charge in [-0.05, 0) is 55.2 Å². The van der Waals surface area contributed by atoms with Gasteiger partial charge in [0.2, 0.25) is 5.91 Å². The van der Waals surface area contributed by atoms with Gasteiger partial charge in [0.15, 0.2) is 6.61 Å². The number of ether oxygens (including phenoxy) is 2. The Kier molecular flexibility index (Phi) is 9.62. The van der Waals surface area contributed by atoms with E-state index in [0.717, 1.165) is 11.4 Å². The number of carbonyl (C=O) groups is 3. The molecule has 176 valence electrons. The molecule has 0 radical (unpaired) electrons. The van der Waals surface area contributed by atoms with Crippen molar-refractivity contribution in [2.45, 2.75) is 37.0 Å². The van der Waals surface area contributed by atoms with Crippen LogP contribution in [-0.2, 0) is 14.3 Å². The molecule has 3 rings (SSSR count). The van der Waals surface area contributed by atoms with Gasteiger partial charge in [0.1, 0.15) is 5.75 Å². The molecule has 0 atom stereocenters. The number of thioether (sulfide) groups is 1. The number of nitrogens with one attached hydrogen (secondary N) is 2. The molecule has 0 aromatic heterocycles. The van der Waals surface area contributed by atoms with Crippen molar-refractivity contribution < 1.29 is 23.9 Å². The van der Waals surface area contributed by atoms with Gasteiger partial charge in [-0.2, -0.15) is 0 Å². The van der Waals surface area contributed by atoms with Gasteiger partial charge in [-0.3, -0.25) is 9.59 Å². The van der Waals surface area contributed by atoms with Crippen LogP contribution in [0.1, 0.15) is 42.5 Å². The number of hydrogen-bond donors (Lipinski definition) is 2. The summed E-state index contributed by atoms with van der Waals surface area (Å²) in [5.41, 5.74) is 1.10. The third-order valence-corrected chi connectivity index (χ3v) is 6.57. The second-order valence-corrected chi connectivity index (χ2v) is 8.95. The minimum atomic E-state index is -0.468. The highest BCUT2D eigenvalue weighted by molar-refractivity contribution is 8.00. The highest BCUT2D eigenvalue weighted by Gasteiger charge is 2.16. The fraction of sp³-hybridized carbons (Fsp3) is 0.400. The standard InChI is InChI=1S/C25H30N2O5S/c1-31-24(29)16-32-20-13-11-19(12-14-20)27-25(30)21-9-5-6-10-22(21)33-17-23(28)26-15-18-7-3-2-4-8-18/h5-6,9-14,18H,2-4,7-8,15-17H2,1H3,(H,26,28)(H,27,30). The molecule has 1 saturated carbocycles. The van der Waals surface area contributed by atoms with Crippen LogP contribution in [-0.4, -0.2) is 43.8 Å². The van der Waals surface area contributed by atoms with E-state index >= 15 is 0 Å². The summed E-state index contributed by atoms with van der Waals surface area (Å²) in [5.74, 6) is 0.608. The van der Waals surface area contributed by atoms with Gasteiger partial charge in [-0.25, -0.2) is 4.79 Å². The number of methoxy groups -OCH3 is 1. The van der Waals surface area contributed by atoms with Crippen molar-refractivity contribution in [2.24, 2.45) is 5.92 Å². The van der Waals surface area contributed by atoms with Crippen LogP contribution >= 0.6 is 11.8 Å². The van der Waals surface area contributed by atoms with E-state index in [-0.39, 0.29) is 24.2 Å². The molecular formula is C25H30N2O5S. The van der Waals surface area contributed by atoms with E-state index in [2.05, 4.69) is 15.4 Å². The third-order valence-electron chi connectivity index (χ3n) is 5.50. The normalized spacial score (nSPS) is 13.7. The van der Waals surface area contributed by atoms with Crippen molar-refractivity contribution in [3.8, 4) is 5.75 Å². The maximum absolute atomic E-state index is 12.8. The molecule has 1 fully saturated rings. The Hall–Kier alpha value is -3.00. The molecule has 2 aromatic carbocycles. The molecule has 2 aromatic rings. The molecule has 1 aliphatic carbocycles. The molecule has 7 nitrogen and oxygen atoms in total. The highest BCUT2D eigenvalue weighted by atomic mass is 32.2. The van der Waals surface area contributed by atoms with Gasteiger partial charge < -0.3 is 20.1 Å². The lowest BCUT2D eigenvalue weighted by molar-refractivity contribution is -0.142. The van der Waals surface area contributed by atoms with Crippen molar-refractivity contribution in [3.63, 3.8) is 0 Å². The molecule has 2 N–H and O–H groups in total. The van der Waals surface area contributed by atoms with Crippen molar-refractivity contribution in [1.82, 2.24) is 5.32 Å². The number of hydrogen-bond acceptors (Lipinski definition) is 6. The first-order valence-corrected chi connectivity index (χ1v) is 12.1. The summed E-state index contributed by atoms with van der Waals surface area (Å²) in [6.45, 7) is 0.557. The van der Waals surface area contributed by atoms with Crippen LogP contribution in [0.25, 0.3) is 0 Å². The predicted octanol–water partition coefficient (Wildman–Crippen LogP) is 4.28. The smallest absolute Gasteiger partial charge is 0.343 e. The Labute approximate surface area is 198 Å². The summed E-state index contributed by atoms with van der Waals surface area (Å²) in [4.78, 5) is 37.0. The molecular weight excluding hydrogens is 440 g/mol. The van der Waals surface area contributed by atoms with Gasteiger partial charge in [0, 0.05) is 17.1 Å². The lowest BCUT2D eigenvalue weighted by Gasteiger charge is -2.21. The molecule has 0 heterocycles. The Balaban J connectivity index is 1.50. The number of carbonyl (C=O) groups excluding carboxylic acids is 3. The van der Waals surface area contributed by atoms with E-state index in [9.17, 15) is 14.4 Å². The first kappa shape index (κ1) is 24.6. The van der Waals surface area contributed by atoms with Crippen molar-refractivity contribution in [2.75, 3.05) is 31.3 Å². The Morgan fingerprint density at radius 3 is 2.45 bits per heavy atom. The van der Waals surface area contributed by atoms with Gasteiger partial charge >= 0.3 is 5.97 Å². The quantitative estimate of drug-likeness (QED) is 0.398. The van der Waals surface area contributed by atoms with Crippen LogP contribution < -0.4 is 15.4 Å². The highest BCUT2D eigenvalue weighted by Crippen LogP contribution is 2.25. The van der Waals surface area contributed by atoms with E-state index < -0.39 is 5.97 Å². The van der Waals surface area contributed by atoms with Crippen molar-refractivity contribution >= 4 is 35.2 Å². The van der Waals surface area contributed by atoms with Crippen molar-refractivity contribution in [3.05, 3.63) is 54.1 Å². The average Bonchev–Trinajstić information content (AvgIpc) is 2.86. The summed E-state index contributed by atoms with van der Waals surface area (Å²) in [6, 6.07) is 13.9. The topological polar surface area (TPSA) is 93.7 Å². The second-order valence-electron chi connectivity index (χ2n) is 7.94. The van der Waals surface area contributed by atoms with E-state index in [1.54, 1.807) is 36.4 Å². The number of anilines is 1. The maximum Gasteiger partial charge on any atom is 0.343 e. The van der Waals surface area contributed by atoms with E-state index in [4.69, 9.17) is 4.74 Å². The zero-order valence-electron chi connectivity index (χ0n) is 18.8. The van der Waals surface area contributed by atoms with Crippen molar-refractivity contribution in [1.29, 1.82) is 0 Å². The van der Waals surface area contributed by atoms with Gasteiger partial charge in [0.05, 0.1) is 18.4 Å². The summed E-state index contributed by atoms with van der Waals surface area (Å²) < 4.78 is 9.84. The second kappa shape index (κ2) is 12.9. The molecule has 0 saturated heterocycles. The number of rotatable bonds is 10. The molecule has 0 aliphatic heterocycles. The molecule has 33 heavy (non-hydrogen) atoms. The monoisotopic (exact) mass is 470 g/mol. The molecule has 0 unspecified atom stereocenters. The SMILES string of the molecule is COC(=O)COc1ccc(NC(=O)c2ccccc2SCC(=O)NCC2CCCCC2)cc1. The van der Waals surface area contributed by atoms with Crippen LogP contribution in [0.15, 0.2) is 53.4 Å². The van der Waals surface area contributed by atoms with E-state index in [0.29, 0.717) is 22.9 Å². The lowest BCUT2D eigenvalue weighted by Crippen LogP contribution is -2.31. The summed E-state index contributed by atoms with van der Waals surface area (Å²) >= 11 is 1.36. The molecule has 0 bridgehead atoms. The first-order chi connectivity index (χ1) is 16.0. The van der Waals surface area contributed by atoms with Crippen LogP contribution in [0.3, 0.4) is 0 Å². The number of amides is 2. The van der Waals surface area contributed by atoms with Crippen LogP contribution in [0.4, 0.5) is 5.69 Å². The third kappa shape index (κ3) is 8.13. The molecule has 1 aliphatic rings. The summed E-state index contributed by atoms with van der Waals surface area (Å²) in [7, 11) is 1.30. The maximum atomic E-state index is 12.8. The minimum absolute atomic E-state index is 0.0108. The van der Waals surface area contributed by atoms with Gasteiger partial charge in [0.25, 0.3) is 5.91 Å². The molecule has 0 spiro atoms. The van der Waals surface area contributed by atoms with Gasteiger partial charge in [-0.15, -0.1) is 11.8 Å². The zero-order valence-corrected chi connectivity index (χ0v) is 19.6. The Morgan fingerprint density at radius 1 is 1.00 bits per heavy atom. The van der Waals surface area contributed by atoms with E-state index in [1.807, 2.05) is 12.1 Å². The Morgan fingerprint density at radius 2 is 1.73 bits per heavy atom. The fourth-order valence-corrected chi connectivity index (χ4v) is 4.54. The molecule has 2 amide bonds. The van der Waals surface area contributed by atoms with Crippen LogP contribution in [0.2, 0.25) is 0 Å². The zero-order chi connectivity index (χ0) is 23.5. The predicted molar refractivity (Wildman–Crippen MR) is 129 cm³/mol. The number of esters is 1. The minimum Gasteiger partial charge on any atom is -0.482 e. The largest absolute Gasteiger partial charge is 0.482 e. The number of benzene rings is 2. The Bertz CT molecular complexity index is 942. The van der Waals surface area contributed by atoms with Crippen LogP contribution in [0, 0.1) is 5.92 Å².